The molecule has 0 unspecified atom stereocenters. The lowest BCUT2D eigenvalue weighted by Gasteiger charge is -2.36. The molecule has 0 radical (unpaired) electrons. The Hall–Kier alpha value is -2.32. The predicted molar refractivity (Wildman–Crippen MR) is 119 cm³/mol. The van der Waals surface area contributed by atoms with E-state index in [1.807, 2.05) is 0 Å². The number of piperidine rings is 1. The largest absolute Gasteiger partial charge is 0.376 e. The number of ether oxygens (including phenoxy) is 1. The van der Waals surface area contributed by atoms with Crippen LogP contribution in [0.25, 0.3) is 0 Å². The Balaban J connectivity index is 1.30. The van der Waals surface area contributed by atoms with Crippen molar-refractivity contribution >= 4 is 17.7 Å². The Morgan fingerprint density at radius 2 is 1.88 bits per heavy atom. The second-order valence-corrected chi connectivity index (χ2v) is 9.83. The van der Waals surface area contributed by atoms with Crippen molar-refractivity contribution < 1.29 is 23.5 Å². The van der Waals surface area contributed by atoms with E-state index < -0.39 is 11.9 Å². The van der Waals surface area contributed by atoms with Crippen molar-refractivity contribution in [2.24, 2.45) is 0 Å². The van der Waals surface area contributed by atoms with Crippen molar-refractivity contribution in [2.45, 2.75) is 95.0 Å². The van der Waals surface area contributed by atoms with Crippen molar-refractivity contribution in [3.63, 3.8) is 0 Å². The van der Waals surface area contributed by atoms with Crippen LogP contribution in [0.1, 0.15) is 79.3 Å². The number of imide groups is 1. The van der Waals surface area contributed by atoms with Crippen molar-refractivity contribution in [3.05, 3.63) is 34.6 Å². The molecule has 0 bridgehead atoms. The Bertz CT molecular complexity index is 946. The molecule has 1 aromatic carbocycles. The lowest BCUT2D eigenvalue weighted by atomic mass is 9.90. The number of carbonyl (C=O) groups is 3. The maximum atomic E-state index is 15.6. The van der Waals surface area contributed by atoms with Gasteiger partial charge in [0.25, 0.3) is 5.91 Å². The van der Waals surface area contributed by atoms with Gasteiger partial charge in [-0.3, -0.25) is 19.7 Å². The van der Waals surface area contributed by atoms with E-state index in [4.69, 9.17) is 4.74 Å². The molecule has 3 amide bonds. The maximum Gasteiger partial charge on any atom is 0.255 e. The third-order valence-corrected chi connectivity index (χ3v) is 7.65. The van der Waals surface area contributed by atoms with Crippen LogP contribution in [0.3, 0.4) is 0 Å². The van der Waals surface area contributed by atoms with Crippen LogP contribution in [0.2, 0.25) is 0 Å². The van der Waals surface area contributed by atoms with Gasteiger partial charge in [0.05, 0.1) is 12.6 Å². The molecule has 3 fully saturated rings. The second kappa shape index (κ2) is 9.50. The quantitative estimate of drug-likeness (QED) is 0.664. The molecule has 7 nitrogen and oxygen atoms in total. The van der Waals surface area contributed by atoms with Crippen LogP contribution in [-0.2, 0) is 27.3 Å². The zero-order valence-corrected chi connectivity index (χ0v) is 18.9. The number of nitrogens with zero attached hydrogens (tertiary/aromatic N) is 1. The number of hydrogen-bond acceptors (Lipinski definition) is 5. The normalized spacial score (nSPS) is 28.7. The molecule has 33 heavy (non-hydrogen) atoms. The van der Waals surface area contributed by atoms with Crippen molar-refractivity contribution in [1.82, 2.24) is 15.5 Å². The second-order valence-electron chi connectivity index (χ2n) is 9.83. The summed E-state index contributed by atoms with van der Waals surface area (Å²) in [6, 6.07) is 3.34. The minimum absolute atomic E-state index is 0.0510. The number of fused-ring (bicyclic) bond motifs is 1. The lowest BCUT2D eigenvalue weighted by Crippen LogP contribution is -2.52. The number of carbonyl (C=O) groups excluding carboxylic acids is 3. The summed E-state index contributed by atoms with van der Waals surface area (Å²) in [6.45, 7) is 0.733. The summed E-state index contributed by atoms with van der Waals surface area (Å²) in [4.78, 5) is 38.0. The highest BCUT2D eigenvalue weighted by Gasteiger charge is 2.41. The third kappa shape index (κ3) is 4.55. The van der Waals surface area contributed by atoms with Crippen LogP contribution in [0.15, 0.2) is 12.1 Å². The number of nitrogens with one attached hydrogen (secondary N) is 2. The van der Waals surface area contributed by atoms with E-state index in [2.05, 4.69) is 10.6 Å². The molecule has 178 valence electrons. The Labute approximate surface area is 193 Å². The summed E-state index contributed by atoms with van der Waals surface area (Å²) >= 11 is 0. The first-order chi connectivity index (χ1) is 16.0. The first-order valence-electron chi connectivity index (χ1n) is 12.3. The molecule has 2 saturated heterocycles. The molecule has 1 aliphatic carbocycles. The van der Waals surface area contributed by atoms with Crippen molar-refractivity contribution in [2.75, 3.05) is 6.61 Å². The number of benzene rings is 1. The summed E-state index contributed by atoms with van der Waals surface area (Å²) in [5.41, 5.74) is 1.20. The smallest absolute Gasteiger partial charge is 0.255 e. The molecule has 5 rings (SSSR count). The van der Waals surface area contributed by atoms with E-state index in [9.17, 15) is 14.4 Å². The molecule has 8 heteroatoms. The number of hydrogen-bond donors (Lipinski definition) is 2. The average Bonchev–Trinajstić information content (AvgIpc) is 3.14. The summed E-state index contributed by atoms with van der Waals surface area (Å²) in [5.74, 6) is -1.55. The highest BCUT2D eigenvalue weighted by molar-refractivity contribution is 6.05. The van der Waals surface area contributed by atoms with Gasteiger partial charge in [0, 0.05) is 42.7 Å². The van der Waals surface area contributed by atoms with Gasteiger partial charge in [0.2, 0.25) is 11.8 Å². The monoisotopic (exact) mass is 457 g/mol. The summed E-state index contributed by atoms with van der Waals surface area (Å²) < 4.78 is 21.7. The van der Waals surface area contributed by atoms with Gasteiger partial charge in [-0.15, -0.1) is 0 Å². The number of amides is 3. The predicted octanol–water partition coefficient (Wildman–Crippen LogP) is 2.60. The molecule has 3 atom stereocenters. The topological polar surface area (TPSA) is 87.7 Å². The first-order valence-corrected chi connectivity index (χ1v) is 12.3. The zero-order chi connectivity index (χ0) is 22.9. The lowest BCUT2D eigenvalue weighted by molar-refractivity contribution is -0.136. The van der Waals surface area contributed by atoms with Gasteiger partial charge in [-0.2, -0.15) is 0 Å². The number of halogens is 1. The maximum absolute atomic E-state index is 15.6. The van der Waals surface area contributed by atoms with Gasteiger partial charge in [-0.05, 0) is 43.7 Å². The summed E-state index contributed by atoms with van der Waals surface area (Å²) in [7, 11) is 0. The molecule has 0 aromatic heterocycles. The molecule has 3 aliphatic heterocycles. The van der Waals surface area contributed by atoms with Crippen molar-refractivity contribution in [3.8, 4) is 0 Å². The SMILES string of the molecule is O=C1CC[C@H](N2Cc3c(ccc(C[C@H]4OCCC[C@@H]4NC4CCCCC4)c3F)C2=O)C(=O)N1. The van der Waals surface area contributed by atoms with Gasteiger partial charge in [-0.1, -0.05) is 25.3 Å². The van der Waals surface area contributed by atoms with Crippen LogP contribution < -0.4 is 10.6 Å². The molecule has 3 heterocycles. The molecule has 1 aromatic rings. The van der Waals surface area contributed by atoms with Crippen LogP contribution in [-0.4, -0.2) is 53.5 Å². The molecule has 1 saturated carbocycles. The van der Waals surface area contributed by atoms with E-state index in [1.165, 1.54) is 37.0 Å². The van der Waals surface area contributed by atoms with Crippen LogP contribution >= 0.6 is 0 Å². The van der Waals surface area contributed by atoms with Gasteiger partial charge in [0.1, 0.15) is 11.9 Å². The van der Waals surface area contributed by atoms with Crippen LogP contribution in [0.5, 0.6) is 0 Å². The zero-order valence-electron chi connectivity index (χ0n) is 18.9. The Morgan fingerprint density at radius 1 is 1.06 bits per heavy atom. The highest BCUT2D eigenvalue weighted by Crippen LogP contribution is 2.32. The standard InChI is InChI=1S/C25H32FN3O4/c26-23-15(13-21-19(7-4-12-33-21)27-16-5-2-1-3-6-16)8-9-17-18(23)14-29(25(17)32)20-10-11-22(30)28-24(20)31/h8-9,16,19-21,27H,1-7,10-14H2,(H,28,30,31)/t19-,20-,21+/m0/s1. The van der Waals surface area contributed by atoms with E-state index in [-0.39, 0.29) is 49.2 Å². The van der Waals surface area contributed by atoms with Gasteiger partial charge >= 0.3 is 0 Å². The van der Waals surface area contributed by atoms with Crippen molar-refractivity contribution in [1.29, 1.82) is 0 Å². The minimum atomic E-state index is -0.740. The molecule has 2 N–H and O–H groups in total. The summed E-state index contributed by atoms with van der Waals surface area (Å²) in [6.07, 6.45) is 9.02. The summed E-state index contributed by atoms with van der Waals surface area (Å²) in [5, 5.41) is 6.07. The molecular weight excluding hydrogens is 425 g/mol. The Morgan fingerprint density at radius 3 is 2.67 bits per heavy atom. The Kier molecular flexibility index (Phi) is 6.47. The van der Waals surface area contributed by atoms with Gasteiger partial charge in [0.15, 0.2) is 0 Å². The van der Waals surface area contributed by atoms with Crippen LogP contribution in [0.4, 0.5) is 4.39 Å². The first kappa shape index (κ1) is 22.5. The van der Waals surface area contributed by atoms with Gasteiger partial charge < -0.3 is 15.0 Å². The van der Waals surface area contributed by atoms with E-state index in [0.717, 1.165) is 12.8 Å². The van der Waals surface area contributed by atoms with E-state index in [0.29, 0.717) is 35.8 Å². The fraction of sp³-hybridized carbons (Fsp3) is 0.640. The molecular formula is C25H32FN3O4. The molecule has 0 spiro atoms. The third-order valence-electron chi connectivity index (χ3n) is 7.65. The average molecular weight is 458 g/mol. The van der Waals surface area contributed by atoms with Gasteiger partial charge in [-0.25, -0.2) is 4.39 Å². The highest BCUT2D eigenvalue weighted by atomic mass is 19.1. The fourth-order valence-electron chi connectivity index (χ4n) is 5.83. The fourth-order valence-corrected chi connectivity index (χ4v) is 5.83. The minimum Gasteiger partial charge on any atom is -0.376 e. The van der Waals surface area contributed by atoms with E-state index >= 15 is 4.39 Å². The van der Waals surface area contributed by atoms with E-state index in [1.54, 1.807) is 12.1 Å². The van der Waals surface area contributed by atoms with Crippen LogP contribution in [0, 0.1) is 5.82 Å². The number of rotatable bonds is 5. The molecule has 4 aliphatic rings.